The van der Waals surface area contributed by atoms with Crippen LogP contribution in [0.15, 0.2) is 71.8 Å². The van der Waals surface area contributed by atoms with Crippen LogP contribution in [0.2, 0.25) is 0 Å². The second-order valence-electron chi connectivity index (χ2n) is 8.40. The predicted molar refractivity (Wildman–Crippen MR) is 126 cm³/mol. The van der Waals surface area contributed by atoms with Crippen LogP contribution in [0.1, 0.15) is 50.2 Å². The van der Waals surface area contributed by atoms with E-state index in [1.807, 2.05) is 24.3 Å². The van der Waals surface area contributed by atoms with Gasteiger partial charge in [0.25, 0.3) is 0 Å². The van der Waals surface area contributed by atoms with Crippen LogP contribution in [0.5, 0.6) is 11.5 Å². The molecule has 0 aromatic heterocycles. The molecular weight excluding hydrogens is 384 g/mol. The van der Waals surface area contributed by atoms with Crippen LogP contribution in [-0.4, -0.2) is 20.0 Å². The Hall–Kier alpha value is -3.07. The lowest BCUT2D eigenvalue weighted by molar-refractivity contribution is -0.121. The van der Waals surface area contributed by atoms with Gasteiger partial charge in [-0.25, -0.2) is 0 Å². The Morgan fingerprint density at radius 2 is 1.23 bits per heavy atom. The van der Waals surface area contributed by atoms with Gasteiger partial charge in [-0.3, -0.25) is 4.79 Å². The molecule has 31 heavy (non-hydrogen) atoms. The number of carbonyl (C=O) groups excluding carboxylic acids is 1. The molecule has 2 aliphatic rings. The fourth-order valence-electron chi connectivity index (χ4n) is 4.55. The highest BCUT2D eigenvalue weighted by molar-refractivity contribution is 5.81. The zero-order valence-electron chi connectivity index (χ0n) is 18.6. The van der Waals surface area contributed by atoms with Crippen LogP contribution in [0, 0.1) is 5.92 Å². The molecule has 0 fully saturated rings. The van der Waals surface area contributed by atoms with E-state index in [4.69, 9.17) is 9.47 Å². The van der Waals surface area contributed by atoms with E-state index in [9.17, 15) is 4.79 Å². The first-order valence-corrected chi connectivity index (χ1v) is 11.0. The van der Waals surface area contributed by atoms with E-state index < -0.39 is 0 Å². The monoisotopic (exact) mass is 414 g/mol. The number of ether oxygens (including phenoxy) is 2. The molecule has 0 radical (unpaired) electrons. The van der Waals surface area contributed by atoms with Gasteiger partial charge in [0.2, 0.25) is 0 Å². The largest absolute Gasteiger partial charge is 0.497 e. The third-order valence-electron chi connectivity index (χ3n) is 6.50. The number of hydrogen-bond donors (Lipinski definition) is 0. The Morgan fingerprint density at radius 1 is 0.742 bits per heavy atom. The first kappa shape index (κ1) is 21.2. The minimum absolute atomic E-state index is 0.129. The Bertz CT molecular complexity index is 1040. The smallest absolute Gasteiger partial charge is 0.133 e. The second kappa shape index (κ2) is 9.38. The summed E-state index contributed by atoms with van der Waals surface area (Å²) in [5.41, 5.74) is 7.79. The molecule has 0 saturated heterocycles. The van der Waals surface area contributed by atoms with Gasteiger partial charge in [-0.15, -0.1) is 0 Å². The van der Waals surface area contributed by atoms with Crippen LogP contribution >= 0.6 is 0 Å². The lowest BCUT2D eigenvalue weighted by atomic mass is 9.78. The van der Waals surface area contributed by atoms with Crippen molar-refractivity contribution in [2.24, 2.45) is 5.92 Å². The molecule has 0 N–H and O–H groups in total. The molecule has 2 aromatic carbocycles. The molecule has 0 heterocycles. The van der Waals surface area contributed by atoms with Crippen molar-refractivity contribution in [2.75, 3.05) is 14.2 Å². The predicted octanol–water partition coefficient (Wildman–Crippen LogP) is 6.65. The fraction of sp³-hybridized carbons (Fsp3) is 0.321. The number of ketones is 1. The Balaban J connectivity index is 1.74. The number of hydrogen-bond acceptors (Lipinski definition) is 3. The van der Waals surface area contributed by atoms with Crippen molar-refractivity contribution in [3.05, 3.63) is 83.0 Å². The summed E-state index contributed by atoms with van der Waals surface area (Å²) in [4.78, 5) is 12.1. The average Bonchev–Trinajstić information content (AvgIpc) is 2.79. The SMILES string of the molecule is COc1ccc(/C2=C/C3=C(/C=C(/c4ccc(OC)cc4)CC2)CC(C(C)=O)CC3)cc1. The molecular formula is C28H30O3. The summed E-state index contributed by atoms with van der Waals surface area (Å²) in [6.07, 6.45) is 9.35. The molecule has 0 amide bonds. The highest BCUT2D eigenvalue weighted by Crippen LogP contribution is 2.39. The molecule has 2 aliphatic carbocycles. The average molecular weight is 415 g/mol. The summed E-state index contributed by atoms with van der Waals surface area (Å²) in [7, 11) is 3.39. The van der Waals surface area contributed by atoms with Gasteiger partial charge in [-0.2, -0.15) is 0 Å². The van der Waals surface area contributed by atoms with E-state index >= 15 is 0 Å². The fourth-order valence-corrected chi connectivity index (χ4v) is 4.55. The Morgan fingerprint density at radius 3 is 1.68 bits per heavy atom. The molecule has 1 unspecified atom stereocenters. The van der Waals surface area contributed by atoms with Crippen molar-refractivity contribution < 1.29 is 14.3 Å². The summed E-state index contributed by atoms with van der Waals surface area (Å²) in [6, 6.07) is 16.6. The molecule has 1 atom stereocenters. The molecule has 0 saturated carbocycles. The van der Waals surface area contributed by atoms with E-state index in [-0.39, 0.29) is 5.92 Å². The van der Waals surface area contributed by atoms with Gasteiger partial charge in [0.15, 0.2) is 0 Å². The minimum atomic E-state index is 0.129. The number of rotatable bonds is 5. The molecule has 2 aromatic rings. The van der Waals surface area contributed by atoms with E-state index in [1.165, 1.54) is 33.4 Å². The van der Waals surface area contributed by atoms with Gasteiger partial charge in [0, 0.05) is 5.92 Å². The third kappa shape index (κ3) is 4.82. The highest BCUT2D eigenvalue weighted by atomic mass is 16.5. The standard InChI is InChI=1S/C28H30O3/c1-19(29)22-4-5-25-17-23(20-8-12-27(30-2)13-9-20)6-7-24(18-26(25)16-22)21-10-14-28(31-3)15-11-21/h8-15,17-18,22H,4-7,16H2,1-3H3/b23-17+,24-18+. The summed E-state index contributed by atoms with van der Waals surface area (Å²) in [5.74, 6) is 2.16. The van der Waals surface area contributed by atoms with Crippen LogP contribution in [0.4, 0.5) is 0 Å². The second-order valence-corrected chi connectivity index (χ2v) is 8.40. The first-order valence-electron chi connectivity index (χ1n) is 11.0. The number of carbonyl (C=O) groups is 1. The molecule has 4 rings (SSSR count). The molecule has 160 valence electrons. The Kier molecular flexibility index (Phi) is 6.41. The topological polar surface area (TPSA) is 35.5 Å². The zero-order chi connectivity index (χ0) is 21.8. The highest BCUT2D eigenvalue weighted by Gasteiger charge is 2.24. The van der Waals surface area contributed by atoms with Crippen LogP contribution in [0.3, 0.4) is 0 Å². The maximum absolute atomic E-state index is 12.1. The summed E-state index contributed by atoms with van der Waals surface area (Å²) < 4.78 is 10.7. The first-order chi connectivity index (χ1) is 15.1. The molecule has 3 nitrogen and oxygen atoms in total. The number of methoxy groups -OCH3 is 2. The van der Waals surface area contributed by atoms with E-state index in [1.54, 1.807) is 21.1 Å². The van der Waals surface area contributed by atoms with Gasteiger partial charge in [-0.1, -0.05) is 36.4 Å². The van der Waals surface area contributed by atoms with Crippen molar-refractivity contribution in [1.29, 1.82) is 0 Å². The van der Waals surface area contributed by atoms with Gasteiger partial charge in [0.05, 0.1) is 14.2 Å². The van der Waals surface area contributed by atoms with Crippen LogP contribution < -0.4 is 9.47 Å². The summed E-state index contributed by atoms with van der Waals surface area (Å²) in [6.45, 7) is 1.73. The van der Waals surface area contributed by atoms with Crippen molar-refractivity contribution in [2.45, 2.75) is 39.0 Å². The van der Waals surface area contributed by atoms with Gasteiger partial charge >= 0.3 is 0 Å². The number of allylic oxidation sites excluding steroid dienone is 6. The minimum Gasteiger partial charge on any atom is -0.497 e. The lowest BCUT2D eigenvalue weighted by Crippen LogP contribution is -2.17. The van der Waals surface area contributed by atoms with E-state index in [2.05, 4.69) is 36.4 Å². The Labute approximate surface area is 185 Å². The maximum atomic E-state index is 12.1. The molecule has 3 heteroatoms. The third-order valence-corrected chi connectivity index (χ3v) is 6.50. The summed E-state index contributed by atoms with van der Waals surface area (Å²) >= 11 is 0. The van der Waals surface area contributed by atoms with Crippen LogP contribution in [0.25, 0.3) is 11.1 Å². The van der Waals surface area contributed by atoms with E-state index in [0.29, 0.717) is 5.78 Å². The van der Waals surface area contributed by atoms with E-state index in [0.717, 1.165) is 43.6 Å². The molecule has 0 spiro atoms. The maximum Gasteiger partial charge on any atom is 0.133 e. The van der Waals surface area contributed by atoms with Crippen molar-refractivity contribution >= 4 is 16.9 Å². The lowest BCUT2D eigenvalue weighted by Gasteiger charge is -2.26. The van der Waals surface area contributed by atoms with Crippen LogP contribution in [-0.2, 0) is 4.79 Å². The number of Topliss-reactive ketones (excluding diaryl/α,β-unsaturated/α-hetero) is 1. The zero-order valence-corrected chi connectivity index (χ0v) is 18.6. The van der Waals surface area contributed by atoms with Crippen molar-refractivity contribution in [1.82, 2.24) is 0 Å². The molecule has 0 bridgehead atoms. The normalized spacial score (nSPS) is 22.2. The van der Waals surface area contributed by atoms with Crippen molar-refractivity contribution in [3.63, 3.8) is 0 Å². The molecule has 0 aliphatic heterocycles. The number of benzene rings is 2. The quantitative estimate of drug-likeness (QED) is 0.549. The van der Waals surface area contributed by atoms with Crippen molar-refractivity contribution in [3.8, 4) is 11.5 Å². The van der Waals surface area contributed by atoms with Gasteiger partial charge in [-0.05, 0) is 96.7 Å². The van der Waals surface area contributed by atoms with Gasteiger partial charge < -0.3 is 9.47 Å². The summed E-state index contributed by atoms with van der Waals surface area (Å²) in [5, 5.41) is 0. The van der Waals surface area contributed by atoms with Gasteiger partial charge in [0.1, 0.15) is 17.3 Å².